The molecule has 1 aliphatic heterocycles. The molecule has 9 nitrogen and oxygen atoms in total. The van der Waals surface area contributed by atoms with Crippen LogP contribution in [0.3, 0.4) is 0 Å². The fourth-order valence-corrected chi connectivity index (χ4v) is 3.69. The maximum absolute atomic E-state index is 12.0. The number of hydrogen-bond acceptors (Lipinski definition) is 5. The van der Waals surface area contributed by atoms with E-state index in [-0.39, 0.29) is 30.2 Å². The number of ether oxygens (including phenoxy) is 1. The first-order valence-corrected chi connectivity index (χ1v) is 10.0. The second kappa shape index (κ2) is 11.5. The number of sulfonamides is 1. The number of hydrogen-bond donors (Lipinski definition) is 3. The summed E-state index contributed by atoms with van der Waals surface area (Å²) in [6, 6.07) is 9.29. The van der Waals surface area contributed by atoms with Crippen molar-refractivity contribution < 1.29 is 27.9 Å². The number of nitrogens with one attached hydrogen (secondary N) is 2. The van der Waals surface area contributed by atoms with Crippen LogP contribution in [-0.2, 0) is 26.0 Å². The molecule has 0 unspecified atom stereocenters. The molecule has 27 heavy (non-hydrogen) atoms. The Labute approximate surface area is 159 Å². The van der Waals surface area contributed by atoms with Crippen LogP contribution >= 0.6 is 0 Å². The molecule has 3 N–H and O–H groups in total. The molecule has 1 aliphatic rings. The Morgan fingerprint density at radius 3 is 2.52 bits per heavy atom. The van der Waals surface area contributed by atoms with Gasteiger partial charge in [-0.15, -0.1) is 0 Å². The molecule has 1 aromatic carbocycles. The van der Waals surface area contributed by atoms with Crippen LogP contribution in [0.2, 0.25) is 0 Å². The second-order valence-corrected chi connectivity index (χ2v) is 8.43. The molecule has 2 amide bonds. The summed E-state index contributed by atoms with van der Waals surface area (Å²) in [7, 11) is -0.314. The molecular formula is C17H27N3O6S. The van der Waals surface area contributed by atoms with Crippen molar-refractivity contribution >= 4 is 22.5 Å². The van der Waals surface area contributed by atoms with Gasteiger partial charge in [0, 0.05) is 26.6 Å². The first-order valence-electron chi connectivity index (χ1n) is 8.44. The van der Waals surface area contributed by atoms with E-state index in [1.165, 1.54) is 18.4 Å². The zero-order chi connectivity index (χ0) is 20.3. The fraction of sp³-hybridized carbons (Fsp3) is 0.529. The standard InChI is InChI=1S/C16H25N3O4S.CH2O2/c1-19(2)24(21,22)12-14-10-23-11-15(14)18-16(20)17-9-8-13-6-4-3-5-7-13;2-1-3/h3-7,14-15H,8-12H2,1-2H3,(H2,17,18,20);1H,(H,2,3)/t14-,15+;/m0./s1. The summed E-state index contributed by atoms with van der Waals surface area (Å²) in [6.07, 6.45) is 0.744. The molecule has 2 rings (SSSR count). The Morgan fingerprint density at radius 2 is 1.93 bits per heavy atom. The van der Waals surface area contributed by atoms with Gasteiger partial charge < -0.3 is 20.5 Å². The van der Waals surface area contributed by atoms with Crippen LogP contribution in [0.4, 0.5) is 4.79 Å². The Balaban J connectivity index is 0.00000114. The quantitative estimate of drug-likeness (QED) is 0.558. The maximum atomic E-state index is 12.0. The van der Waals surface area contributed by atoms with Crippen LogP contribution in [0, 0.1) is 5.92 Å². The number of benzene rings is 1. The Hall–Kier alpha value is -2.17. The molecule has 1 fully saturated rings. The predicted octanol–water partition coefficient (Wildman–Crippen LogP) is 0.136. The van der Waals surface area contributed by atoms with Crippen molar-refractivity contribution in [2.75, 3.05) is 39.6 Å². The van der Waals surface area contributed by atoms with Crippen molar-refractivity contribution in [1.29, 1.82) is 0 Å². The van der Waals surface area contributed by atoms with E-state index in [1.54, 1.807) is 0 Å². The summed E-state index contributed by atoms with van der Waals surface area (Å²) < 4.78 is 30.5. The number of nitrogens with zero attached hydrogens (tertiary/aromatic N) is 1. The lowest BCUT2D eigenvalue weighted by Gasteiger charge is -2.21. The van der Waals surface area contributed by atoms with E-state index in [0.29, 0.717) is 19.8 Å². The number of urea groups is 1. The summed E-state index contributed by atoms with van der Waals surface area (Å²) in [4.78, 5) is 20.4. The highest BCUT2D eigenvalue weighted by atomic mass is 32.2. The monoisotopic (exact) mass is 401 g/mol. The smallest absolute Gasteiger partial charge is 0.315 e. The molecular weight excluding hydrogens is 374 g/mol. The van der Waals surface area contributed by atoms with Gasteiger partial charge in [0.1, 0.15) is 0 Å². The van der Waals surface area contributed by atoms with Crippen LogP contribution in [0.15, 0.2) is 30.3 Å². The highest BCUT2D eigenvalue weighted by Crippen LogP contribution is 2.17. The Bertz CT molecular complexity index is 681. The molecule has 2 atom stereocenters. The average Bonchev–Trinajstić information content (AvgIpc) is 3.02. The van der Waals surface area contributed by atoms with E-state index >= 15 is 0 Å². The minimum absolute atomic E-state index is 0.0328. The Morgan fingerprint density at radius 1 is 1.30 bits per heavy atom. The van der Waals surface area contributed by atoms with Gasteiger partial charge in [0.05, 0.1) is 25.0 Å². The zero-order valence-corrected chi connectivity index (χ0v) is 16.3. The van der Waals surface area contributed by atoms with Gasteiger partial charge in [-0.05, 0) is 12.0 Å². The van der Waals surface area contributed by atoms with E-state index in [9.17, 15) is 13.2 Å². The number of amides is 2. The molecule has 0 aromatic heterocycles. The molecule has 0 bridgehead atoms. The minimum atomic E-state index is -3.32. The van der Waals surface area contributed by atoms with Crippen molar-refractivity contribution in [2.45, 2.75) is 12.5 Å². The second-order valence-electron chi connectivity index (χ2n) is 6.21. The highest BCUT2D eigenvalue weighted by molar-refractivity contribution is 7.89. The largest absolute Gasteiger partial charge is 0.483 e. The van der Waals surface area contributed by atoms with E-state index in [4.69, 9.17) is 14.6 Å². The zero-order valence-electron chi connectivity index (χ0n) is 15.5. The molecule has 0 saturated carbocycles. The molecule has 0 aliphatic carbocycles. The molecule has 1 heterocycles. The predicted molar refractivity (Wildman–Crippen MR) is 101 cm³/mol. The third-order valence-electron chi connectivity index (χ3n) is 4.04. The maximum Gasteiger partial charge on any atom is 0.315 e. The average molecular weight is 401 g/mol. The normalized spacial score (nSPS) is 19.1. The third kappa shape index (κ3) is 8.37. The molecule has 1 saturated heterocycles. The van der Waals surface area contributed by atoms with Crippen molar-refractivity contribution in [3.63, 3.8) is 0 Å². The molecule has 152 valence electrons. The van der Waals surface area contributed by atoms with Crippen molar-refractivity contribution in [1.82, 2.24) is 14.9 Å². The van der Waals surface area contributed by atoms with Gasteiger partial charge >= 0.3 is 6.03 Å². The summed E-state index contributed by atoms with van der Waals surface area (Å²) in [6.45, 7) is 0.936. The molecule has 0 radical (unpaired) electrons. The summed E-state index contributed by atoms with van der Waals surface area (Å²) >= 11 is 0. The number of carbonyl (C=O) groups excluding carboxylic acids is 1. The van der Waals surface area contributed by atoms with Crippen LogP contribution in [-0.4, -0.2) is 76.0 Å². The van der Waals surface area contributed by atoms with Gasteiger partial charge in [0.15, 0.2) is 0 Å². The van der Waals surface area contributed by atoms with E-state index < -0.39 is 10.0 Å². The van der Waals surface area contributed by atoms with Gasteiger partial charge in [0.2, 0.25) is 10.0 Å². The first kappa shape index (κ1) is 22.9. The van der Waals surface area contributed by atoms with E-state index in [2.05, 4.69) is 10.6 Å². The van der Waals surface area contributed by atoms with Gasteiger partial charge in [0.25, 0.3) is 6.47 Å². The molecule has 10 heteroatoms. The summed E-state index contributed by atoms with van der Waals surface area (Å²) in [5.41, 5.74) is 1.15. The van der Waals surface area contributed by atoms with Crippen LogP contribution in [0.5, 0.6) is 0 Å². The van der Waals surface area contributed by atoms with Gasteiger partial charge in [-0.25, -0.2) is 17.5 Å². The molecule has 0 spiro atoms. The van der Waals surface area contributed by atoms with E-state index in [0.717, 1.165) is 12.0 Å². The lowest BCUT2D eigenvalue weighted by atomic mass is 10.1. The van der Waals surface area contributed by atoms with E-state index in [1.807, 2.05) is 30.3 Å². The van der Waals surface area contributed by atoms with Crippen LogP contribution in [0.1, 0.15) is 5.56 Å². The lowest BCUT2D eigenvalue weighted by molar-refractivity contribution is -0.122. The topological polar surface area (TPSA) is 125 Å². The van der Waals surface area contributed by atoms with Gasteiger partial charge in [-0.2, -0.15) is 0 Å². The number of rotatable bonds is 7. The van der Waals surface area contributed by atoms with Gasteiger partial charge in [-0.1, -0.05) is 30.3 Å². The fourth-order valence-electron chi connectivity index (χ4n) is 2.53. The SMILES string of the molecule is CN(C)S(=O)(=O)C[C@@H]1COC[C@H]1NC(=O)NCCc1ccccc1.O=CO. The highest BCUT2D eigenvalue weighted by Gasteiger charge is 2.34. The first-order chi connectivity index (χ1) is 12.8. The Kier molecular flexibility index (Phi) is 9.76. The third-order valence-corrected chi connectivity index (χ3v) is 6.00. The number of carbonyl (C=O) groups is 2. The van der Waals surface area contributed by atoms with Crippen LogP contribution < -0.4 is 10.6 Å². The number of carboxylic acid groups (broad SMARTS) is 1. The lowest BCUT2D eigenvalue weighted by Crippen LogP contribution is -2.47. The van der Waals surface area contributed by atoms with Crippen LogP contribution in [0.25, 0.3) is 0 Å². The summed E-state index contributed by atoms with van der Waals surface area (Å²) in [5, 5.41) is 12.5. The van der Waals surface area contributed by atoms with Crippen molar-refractivity contribution in [3.8, 4) is 0 Å². The van der Waals surface area contributed by atoms with Gasteiger partial charge in [-0.3, -0.25) is 4.79 Å². The molecule has 1 aromatic rings. The van der Waals surface area contributed by atoms with Crippen molar-refractivity contribution in [3.05, 3.63) is 35.9 Å². The summed E-state index contributed by atoms with van der Waals surface area (Å²) in [5.74, 6) is -0.271. The van der Waals surface area contributed by atoms with Crippen molar-refractivity contribution in [2.24, 2.45) is 5.92 Å². The minimum Gasteiger partial charge on any atom is -0.483 e.